The van der Waals surface area contributed by atoms with Crippen molar-refractivity contribution in [2.45, 2.75) is 6.61 Å². The maximum absolute atomic E-state index is 12.4. The molecule has 11 nitrogen and oxygen atoms in total. The topological polar surface area (TPSA) is 136 Å². The Morgan fingerprint density at radius 2 is 2.00 bits per heavy atom. The normalized spacial score (nSPS) is 11.9. The summed E-state index contributed by atoms with van der Waals surface area (Å²) in [4.78, 5) is 27.1. The van der Waals surface area contributed by atoms with Gasteiger partial charge in [0.05, 0.1) is 23.7 Å². The van der Waals surface area contributed by atoms with E-state index in [9.17, 15) is 14.9 Å². The van der Waals surface area contributed by atoms with E-state index in [1.165, 1.54) is 13.2 Å². The van der Waals surface area contributed by atoms with Crippen LogP contribution in [0.3, 0.4) is 0 Å². The molecule has 0 radical (unpaired) electrons. The highest BCUT2D eigenvalue weighted by Crippen LogP contribution is 2.38. The summed E-state index contributed by atoms with van der Waals surface area (Å²) >= 11 is 0. The second-order valence-corrected chi connectivity index (χ2v) is 5.77. The Morgan fingerprint density at radius 1 is 1.24 bits per heavy atom. The van der Waals surface area contributed by atoms with Crippen molar-refractivity contribution in [1.82, 2.24) is 10.1 Å². The molecule has 11 heteroatoms. The molecule has 4 rings (SSSR count). The van der Waals surface area contributed by atoms with Gasteiger partial charge in [0.1, 0.15) is 11.3 Å². The van der Waals surface area contributed by atoms with Gasteiger partial charge in [-0.2, -0.15) is 4.98 Å². The summed E-state index contributed by atoms with van der Waals surface area (Å²) in [6.07, 6.45) is 0. The number of hydrogen-bond donors (Lipinski definition) is 0. The van der Waals surface area contributed by atoms with E-state index in [1.807, 2.05) is 0 Å². The first kappa shape index (κ1) is 18.2. The van der Waals surface area contributed by atoms with Crippen molar-refractivity contribution in [2.75, 3.05) is 13.9 Å². The van der Waals surface area contributed by atoms with Crippen LogP contribution < -0.4 is 14.2 Å². The van der Waals surface area contributed by atoms with Crippen LogP contribution in [-0.4, -0.2) is 34.9 Å². The molecule has 2 aromatic carbocycles. The summed E-state index contributed by atoms with van der Waals surface area (Å²) in [5.41, 5.74) is -0.133. The van der Waals surface area contributed by atoms with Crippen molar-refractivity contribution in [1.29, 1.82) is 0 Å². The molecule has 148 valence electrons. The number of aromatic nitrogens is 2. The number of methoxy groups -OCH3 is 1. The van der Waals surface area contributed by atoms with Gasteiger partial charge in [-0.1, -0.05) is 17.3 Å². The standard InChI is InChI=1S/C18H13N3O8/c1-25-13-5-3-2-4-10(13)17-19-16(29-20-17)8-26-18(22)11-6-14-15(28-9-27-14)7-12(11)21(23)24/h2-7H,8-9H2,1H3. The van der Waals surface area contributed by atoms with E-state index >= 15 is 0 Å². The van der Waals surface area contributed by atoms with Crippen LogP contribution >= 0.6 is 0 Å². The summed E-state index contributed by atoms with van der Waals surface area (Å²) in [6, 6.07) is 9.39. The van der Waals surface area contributed by atoms with Gasteiger partial charge < -0.3 is 23.5 Å². The molecule has 1 aliphatic heterocycles. The number of para-hydroxylation sites is 1. The molecule has 3 aromatic rings. The Labute approximate surface area is 162 Å². The summed E-state index contributed by atoms with van der Waals surface area (Å²) in [5, 5.41) is 15.1. The first-order valence-electron chi connectivity index (χ1n) is 8.28. The third-order valence-corrected chi connectivity index (χ3v) is 4.05. The molecule has 0 bridgehead atoms. The molecule has 1 aliphatic rings. The smallest absolute Gasteiger partial charge is 0.345 e. The van der Waals surface area contributed by atoms with Gasteiger partial charge in [-0.15, -0.1) is 0 Å². The monoisotopic (exact) mass is 399 g/mol. The molecule has 0 spiro atoms. The molecule has 0 unspecified atom stereocenters. The first-order chi connectivity index (χ1) is 14.1. The zero-order chi connectivity index (χ0) is 20.4. The predicted molar refractivity (Wildman–Crippen MR) is 94.6 cm³/mol. The number of nitro benzene ring substituents is 1. The van der Waals surface area contributed by atoms with Crippen LogP contribution in [-0.2, 0) is 11.3 Å². The number of nitrogens with zero attached hydrogens (tertiary/aromatic N) is 3. The van der Waals surface area contributed by atoms with E-state index < -0.39 is 16.6 Å². The van der Waals surface area contributed by atoms with E-state index in [0.29, 0.717) is 11.3 Å². The fraction of sp³-hybridized carbons (Fsp3) is 0.167. The zero-order valence-corrected chi connectivity index (χ0v) is 15.0. The van der Waals surface area contributed by atoms with E-state index in [1.54, 1.807) is 24.3 Å². The van der Waals surface area contributed by atoms with E-state index in [4.69, 9.17) is 23.5 Å². The first-order valence-corrected chi connectivity index (χ1v) is 8.28. The zero-order valence-electron chi connectivity index (χ0n) is 15.0. The van der Waals surface area contributed by atoms with Gasteiger partial charge in [-0.05, 0) is 12.1 Å². The van der Waals surface area contributed by atoms with Crippen molar-refractivity contribution in [3.63, 3.8) is 0 Å². The van der Waals surface area contributed by atoms with Crippen molar-refractivity contribution in [2.24, 2.45) is 0 Å². The second kappa shape index (κ2) is 7.46. The Morgan fingerprint density at radius 3 is 2.76 bits per heavy atom. The Hall–Kier alpha value is -4.15. The summed E-state index contributed by atoms with van der Waals surface area (Å²) < 4.78 is 25.7. The molecular weight excluding hydrogens is 386 g/mol. The van der Waals surface area contributed by atoms with Crippen LogP contribution in [0.1, 0.15) is 16.2 Å². The lowest BCUT2D eigenvalue weighted by Crippen LogP contribution is -2.08. The van der Waals surface area contributed by atoms with Crippen LogP contribution in [0.2, 0.25) is 0 Å². The number of carbonyl (C=O) groups excluding carboxylic acids is 1. The van der Waals surface area contributed by atoms with E-state index in [2.05, 4.69) is 10.1 Å². The maximum Gasteiger partial charge on any atom is 0.345 e. The highest BCUT2D eigenvalue weighted by Gasteiger charge is 2.28. The average molecular weight is 399 g/mol. The second-order valence-electron chi connectivity index (χ2n) is 5.77. The average Bonchev–Trinajstić information content (AvgIpc) is 3.39. The van der Waals surface area contributed by atoms with Crippen LogP contribution in [0.4, 0.5) is 5.69 Å². The SMILES string of the molecule is COc1ccccc1-c1noc(COC(=O)c2cc3c(cc2[N+](=O)[O-])OCO3)n1. The molecule has 29 heavy (non-hydrogen) atoms. The molecule has 0 fully saturated rings. The molecule has 0 saturated carbocycles. The van der Waals surface area contributed by atoms with Crippen LogP contribution in [0.5, 0.6) is 17.2 Å². The van der Waals surface area contributed by atoms with Crippen LogP contribution in [0.25, 0.3) is 11.4 Å². The number of benzene rings is 2. The van der Waals surface area contributed by atoms with Crippen LogP contribution in [0.15, 0.2) is 40.9 Å². The summed E-state index contributed by atoms with van der Waals surface area (Å²) in [5.74, 6) is 0.287. The number of nitro groups is 1. The van der Waals surface area contributed by atoms with Crippen LogP contribution in [0, 0.1) is 10.1 Å². The van der Waals surface area contributed by atoms with Gasteiger partial charge in [0.2, 0.25) is 12.6 Å². The molecule has 0 N–H and O–H groups in total. The van der Waals surface area contributed by atoms with E-state index in [-0.39, 0.29) is 42.2 Å². The lowest BCUT2D eigenvalue weighted by Gasteiger charge is -2.05. The minimum Gasteiger partial charge on any atom is -0.496 e. The molecule has 0 amide bonds. The van der Waals surface area contributed by atoms with Gasteiger partial charge in [0.15, 0.2) is 18.1 Å². The van der Waals surface area contributed by atoms with Crippen molar-refractivity contribution >= 4 is 11.7 Å². The Balaban J connectivity index is 1.51. The van der Waals surface area contributed by atoms with Gasteiger partial charge in [-0.25, -0.2) is 4.79 Å². The largest absolute Gasteiger partial charge is 0.496 e. The van der Waals surface area contributed by atoms with Gasteiger partial charge in [-0.3, -0.25) is 10.1 Å². The summed E-state index contributed by atoms with van der Waals surface area (Å²) in [7, 11) is 1.51. The quantitative estimate of drug-likeness (QED) is 0.346. The highest BCUT2D eigenvalue weighted by atomic mass is 16.7. The molecule has 1 aromatic heterocycles. The van der Waals surface area contributed by atoms with Crippen molar-refractivity contribution < 1.29 is 33.2 Å². The number of hydrogen-bond acceptors (Lipinski definition) is 10. The molecule has 0 saturated heterocycles. The summed E-state index contributed by atoms with van der Waals surface area (Å²) in [6.45, 7) is -0.453. The number of rotatable bonds is 6. The molecule has 0 aliphatic carbocycles. The molecule has 2 heterocycles. The third kappa shape index (κ3) is 3.52. The maximum atomic E-state index is 12.4. The lowest BCUT2D eigenvalue weighted by molar-refractivity contribution is -0.385. The van der Waals surface area contributed by atoms with Crippen molar-refractivity contribution in [3.8, 4) is 28.6 Å². The Bertz CT molecular complexity index is 1090. The van der Waals surface area contributed by atoms with Gasteiger partial charge in [0.25, 0.3) is 11.6 Å². The minimum absolute atomic E-state index is 0.0163. The highest BCUT2D eigenvalue weighted by molar-refractivity contribution is 5.95. The van der Waals surface area contributed by atoms with Crippen molar-refractivity contribution in [3.05, 3.63) is 58.0 Å². The molecular formula is C18H13N3O8. The van der Waals surface area contributed by atoms with Gasteiger partial charge in [0, 0.05) is 6.07 Å². The molecule has 0 atom stereocenters. The fourth-order valence-electron chi connectivity index (χ4n) is 2.70. The number of carbonyl (C=O) groups is 1. The van der Waals surface area contributed by atoms with Gasteiger partial charge >= 0.3 is 5.97 Å². The number of ether oxygens (including phenoxy) is 4. The fourth-order valence-corrected chi connectivity index (χ4v) is 2.70. The number of fused-ring (bicyclic) bond motifs is 1. The Kier molecular flexibility index (Phi) is 4.69. The lowest BCUT2D eigenvalue weighted by atomic mass is 10.1. The third-order valence-electron chi connectivity index (χ3n) is 4.05. The predicted octanol–water partition coefficient (Wildman–Crippen LogP) is 2.74. The number of esters is 1. The minimum atomic E-state index is -0.938. The van der Waals surface area contributed by atoms with E-state index in [0.717, 1.165) is 6.07 Å².